The van der Waals surface area contributed by atoms with Gasteiger partial charge in [0.15, 0.2) is 0 Å². The van der Waals surface area contributed by atoms with Crippen LogP contribution in [-0.2, 0) is 15.3 Å². The summed E-state index contributed by atoms with van der Waals surface area (Å²) < 4.78 is 5.56. The smallest absolute Gasteiger partial charge is 0.314 e. The van der Waals surface area contributed by atoms with Crippen LogP contribution in [0.2, 0.25) is 0 Å². The number of benzene rings is 1. The third-order valence-corrected chi connectivity index (χ3v) is 7.55. The molecule has 0 aliphatic heterocycles. The summed E-state index contributed by atoms with van der Waals surface area (Å²) in [5.41, 5.74) is 1.17. The number of carbonyl (C=O) groups excluding carboxylic acids is 1. The first-order chi connectivity index (χ1) is 11.7. The predicted molar refractivity (Wildman–Crippen MR) is 110 cm³/mol. The number of rotatable bonds is 10. The van der Waals surface area contributed by atoms with Crippen LogP contribution in [0.5, 0.6) is 5.75 Å². The maximum Gasteiger partial charge on any atom is 0.314 e. The van der Waals surface area contributed by atoms with Gasteiger partial charge in [0.1, 0.15) is 5.75 Å². The van der Waals surface area contributed by atoms with Gasteiger partial charge in [0, 0.05) is 5.75 Å². The Hall–Kier alpha value is -1.16. The average Bonchev–Trinajstić information content (AvgIpc) is 2.51. The minimum Gasteiger partial charge on any atom is -0.508 e. The molecular weight excluding hydrogens is 332 g/mol. The van der Waals surface area contributed by atoms with Gasteiger partial charge < -0.3 is 9.84 Å². The molecule has 0 heterocycles. The number of unbranched alkanes of at least 4 members (excludes halogenated alkanes) is 2. The Balaban J connectivity index is 2.41. The molecule has 4 heteroatoms. The van der Waals surface area contributed by atoms with E-state index in [1.54, 1.807) is 12.1 Å². The van der Waals surface area contributed by atoms with Crippen molar-refractivity contribution in [3.63, 3.8) is 0 Å². The lowest BCUT2D eigenvalue weighted by atomic mass is 10.1. The first kappa shape index (κ1) is 21.9. The van der Waals surface area contributed by atoms with Crippen molar-refractivity contribution in [3.05, 3.63) is 29.8 Å². The molecule has 0 aliphatic rings. The van der Waals surface area contributed by atoms with Gasteiger partial charge in [0.25, 0.3) is 0 Å². The summed E-state index contributed by atoms with van der Waals surface area (Å²) in [6, 6.07) is 7.30. The van der Waals surface area contributed by atoms with E-state index in [0.717, 1.165) is 24.5 Å². The molecule has 0 spiro atoms. The Bertz CT molecular complexity index is 503. The van der Waals surface area contributed by atoms with Crippen molar-refractivity contribution in [1.29, 1.82) is 0 Å². The second kappa shape index (κ2) is 10.7. The third kappa shape index (κ3) is 9.78. The summed E-state index contributed by atoms with van der Waals surface area (Å²) in [5, 5.41) is 9.42. The van der Waals surface area contributed by atoms with Gasteiger partial charge >= 0.3 is 5.97 Å². The van der Waals surface area contributed by atoms with Crippen LogP contribution in [-0.4, -0.2) is 28.2 Å². The molecular formula is C21H36O3S. The molecule has 1 rings (SSSR count). The van der Waals surface area contributed by atoms with Gasteiger partial charge in [0.05, 0.1) is 12.4 Å². The second-order valence-electron chi connectivity index (χ2n) is 8.16. The van der Waals surface area contributed by atoms with E-state index in [1.165, 1.54) is 18.4 Å². The number of hydrogen-bond acceptors (Lipinski definition) is 3. The first-order valence-electron chi connectivity index (χ1n) is 9.37. The van der Waals surface area contributed by atoms with Crippen LogP contribution < -0.4 is 0 Å². The molecule has 1 N–H and O–H groups in total. The fourth-order valence-electron chi connectivity index (χ4n) is 2.57. The molecule has 0 saturated carbocycles. The van der Waals surface area contributed by atoms with Crippen LogP contribution in [0.1, 0.15) is 65.9 Å². The first-order valence-corrected chi connectivity index (χ1v) is 11.1. The zero-order valence-corrected chi connectivity index (χ0v) is 17.4. The molecule has 144 valence electrons. The van der Waals surface area contributed by atoms with Crippen molar-refractivity contribution in [1.82, 2.24) is 0 Å². The Morgan fingerprint density at radius 3 is 2.32 bits per heavy atom. The zero-order valence-electron chi connectivity index (χ0n) is 16.5. The van der Waals surface area contributed by atoms with Crippen LogP contribution in [0.25, 0.3) is 0 Å². The largest absolute Gasteiger partial charge is 0.508 e. The van der Waals surface area contributed by atoms with Gasteiger partial charge in [-0.15, -0.1) is 0 Å². The highest BCUT2D eigenvalue weighted by molar-refractivity contribution is 8.18. The molecule has 1 atom stereocenters. The summed E-state index contributed by atoms with van der Waals surface area (Å²) in [6.45, 7) is 11.6. The third-order valence-electron chi connectivity index (χ3n) is 4.27. The summed E-state index contributed by atoms with van der Waals surface area (Å²) in [5.74, 6) is 2.34. The SMILES string of the molecule is CC(C)CCCCCOC(=O)C[SH](Cc1ccc(O)cc1)C(C)(C)C. The lowest BCUT2D eigenvalue weighted by Gasteiger charge is -2.34. The van der Waals surface area contributed by atoms with E-state index >= 15 is 0 Å². The molecule has 0 amide bonds. The van der Waals surface area contributed by atoms with E-state index in [1.807, 2.05) is 12.1 Å². The molecule has 0 aromatic heterocycles. The Kier molecular flexibility index (Phi) is 9.41. The predicted octanol–water partition coefficient (Wildman–Crippen LogP) is 5.45. The molecule has 1 aromatic rings. The Labute approximate surface area is 156 Å². The lowest BCUT2D eigenvalue weighted by molar-refractivity contribution is -0.140. The molecule has 0 fully saturated rings. The quantitative estimate of drug-likeness (QED) is 0.328. The number of esters is 1. The molecule has 1 unspecified atom stereocenters. The summed E-state index contributed by atoms with van der Waals surface area (Å²) in [7, 11) is -0.519. The maximum atomic E-state index is 12.2. The minimum atomic E-state index is -0.519. The number of thiol groups is 1. The van der Waals surface area contributed by atoms with Gasteiger partial charge in [-0.1, -0.05) is 66.0 Å². The number of aromatic hydroxyl groups is 1. The fraction of sp³-hybridized carbons (Fsp3) is 0.667. The van der Waals surface area contributed by atoms with Crippen LogP contribution in [0, 0.1) is 5.92 Å². The summed E-state index contributed by atoms with van der Waals surface area (Å²) in [4.78, 5) is 12.2. The molecule has 0 radical (unpaired) electrons. The number of carbonyl (C=O) groups is 1. The topological polar surface area (TPSA) is 46.5 Å². The minimum absolute atomic E-state index is 0.0660. The fourth-order valence-corrected chi connectivity index (χ4v) is 4.69. The van der Waals surface area contributed by atoms with E-state index in [0.29, 0.717) is 12.4 Å². The van der Waals surface area contributed by atoms with Crippen molar-refractivity contribution in [2.45, 2.75) is 70.8 Å². The van der Waals surface area contributed by atoms with E-state index in [-0.39, 0.29) is 16.5 Å². The van der Waals surface area contributed by atoms with E-state index in [4.69, 9.17) is 4.74 Å². The Morgan fingerprint density at radius 2 is 1.76 bits per heavy atom. The second-order valence-corrected chi connectivity index (χ2v) is 11.2. The van der Waals surface area contributed by atoms with Crippen LogP contribution in [0.4, 0.5) is 0 Å². The Morgan fingerprint density at radius 1 is 1.12 bits per heavy atom. The monoisotopic (exact) mass is 368 g/mol. The number of hydrogen-bond donors (Lipinski definition) is 2. The van der Waals surface area contributed by atoms with Gasteiger partial charge in [0.2, 0.25) is 0 Å². The highest BCUT2D eigenvalue weighted by atomic mass is 32.2. The molecule has 0 bridgehead atoms. The van der Waals surface area contributed by atoms with E-state index in [9.17, 15) is 9.90 Å². The van der Waals surface area contributed by atoms with Gasteiger partial charge in [-0.3, -0.25) is 4.79 Å². The molecule has 3 nitrogen and oxygen atoms in total. The van der Waals surface area contributed by atoms with E-state index < -0.39 is 10.9 Å². The molecule has 25 heavy (non-hydrogen) atoms. The molecule has 0 aliphatic carbocycles. The van der Waals surface area contributed by atoms with Crippen LogP contribution >= 0.6 is 10.9 Å². The van der Waals surface area contributed by atoms with Gasteiger partial charge in [-0.2, -0.15) is 0 Å². The van der Waals surface area contributed by atoms with Crippen molar-refractivity contribution >= 4 is 16.9 Å². The van der Waals surface area contributed by atoms with Crippen molar-refractivity contribution < 1.29 is 14.6 Å². The van der Waals surface area contributed by atoms with Gasteiger partial charge in [-0.25, -0.2) is 10.9 Å². The number of ether oxygens (including phenoxy) is 1. The maximum absolute atomic E-state index is 12.2. The molecule has 0 saturated heterocycles. The lowest BCUT2D eigenvalue weighted by Crippen LogP contribution is -2.23. The van der Waals surface area contributed by atoms with Gasteiger partial charge in [-0.05, 0) is 34.8 Å². The van der Waals surface area contributed by atoms with Crippen LogP contribution in [0.15, 0.2) is 24.3 Å². The van der Waals surface area contributed by atoms with Crippen molar-refractivity contribution in [2.24, 2.45) is 5.92 Å². The highest BCUT2D eigenvalue weighted by Crippen LogP contribution is 2.43. The number of phenolic OH excluding ortho intramolecular Hbond substituents is 1. The summed E-state index contributed by atoms with van der Waals surface area (Å²) in [6.07, 6.45) is 4.55. The van der Waals surface area contributed by atoms with Crippen molar-refractivity contribution in [3.8, 4) is 5.75 Å². The summed E-state index contributed by atoms with van der Waals surface area (Å²) >= 11 is 0. The average molecular weight is 369 g/mol. The normalized spacial score (nSPS) is 13.8. The van der Waals surface area contributed by atoms with E-state index in [2.05, 4.69) is 34.6 Å². The van der Waals surface area contributed by atoms with Crippen LogP contribution in [0.3, 0.4) is 0 Å². The zero-order chi connectivity index (χ0) is 18.9. The molecule has 1 aromatic carbocycles. The highest BCUT2D eigenvalue weighted by Gasteiger charge is 2.24. The number of phenols is 1. The van der Waals surface area contributed by atoms with Crippen molar-refractivity contribution in [2.75, 3.05) is 12.4 Å². The standard InChI is InChI=1S/C21H36O3S/c1-17(2)9-7-6-8-14-24-20(23)16-25(21(3,4)5)15-18-10-12-19(22)13-11-18/h10-13,17,22,25H,6-9,14-16H2,1-5H3.